The van der Waals surface area contributed by atoms with Crippen molar-refractivity contribution < 1.29 is 18.3 Å². The number of hydrogen-bond donors (Lipinski definition) is 0. The van der Waals surface area contributed by atoms with Gasteiger partial charge >= 0.3 is 5.63 Å². The number of aromatic nitrogens is 1. The molecule has 0 radical (unpaired) electrons. The van der Waals surface area contributed by atoms with Crippen molar-refractivity contribution in [2.75, 3.05) is 44.3 Å². The summed E-state index contributed by atoms with van der Waals surface area (Å²) in [6.45, 7) is 3.66. The zero-order chi connectivity index (χ0) is 22.1. The van der Waals surface area contributed by atoms with Crippen molar-refractivity contribution >= 4 is 43.6 Å². The Hall–Kier alpha value is -3.14. The number of carbonyl (C=O) groups excluding carboxylic acids is 1. The van der Waals surface area contributed by atoms with E-state index in [0.29, 0.717) is 47.1 Å². The number of anilines is 1. The Morgan fingerprint density at radius 2 is 1.97 bits per heavy atom. The number of halogens is 1. The van der Waals surface area contributed by atoms with Crippen LogP contribution in [-0.4, -0.2) is 55.2 Å². The number of fused-ring (bicyclic) bond motifs is 2. The van der Waals surface area contributed by atoms with E-state index >= 15 is 0 Å². The first-order valence-corrected chi connectivity index (χ1v) is 11.1. The van der Waals surface area contributed by atoms with E-state index in [-0.39, 0.29) is 11.1 Å². The van der Waals surface area contributed by atoms with Crippen LogP contribution >= 0.6 is 11.3 Å². The monoisotopic (exact) mass is 453 g/mol. The zero-order valence-corrected chi connectivity index (χ0v) is 17.9. The minimum absolute atomic E-state index is 0.0783. The summed E-state index contributed by atoms with van der Waals surface area (Å²) in [7, 11) is 0. The summed E-state index contributed by atoms with van der Waals surface area (Å²) < 4.78 is 25.6. The Bertz CT molecular complexity index is 1350. The molecule has 1 saturated heterocycles. The first-order chi connectivity index (χ1) is 15.6. The SMILES string of the molecule is O=C(c1cc2ccccc2oc1=O)N(CCN1CCOCC1)c1nc2c(F)cccc2s1. The molecule has 9 heteroatoms. The molecule has 0 atom stereocenters. The van der Waals surface area contributed by atoms with Crippen LogP contribution in [-0.2, 0) is 4.74 Å². The van der Waals surface area contributed by atoms with Gasteiger partial charge in [0.25, 0.3) is 5.91 Å². The molecular weight excluding hydrogens is 433 g/mol. The second-order valence-electron chi connectivity index (χ2n) is 7.48. The first-order valence-electron chi connectivity index (χ1n) is 10.3. The van der Waals surface area contributed by atoms with E-state index in [2.05, 4.69) is 9.88 Å². The van der Waals surface area contributed by atoms with Crippen LogP contribution in [0.15, 0.2) is 57.7 Å². The fourth-order valence-electron chi connectivity index (χ4n) is 3.73. The molecule has 3 heterocycles. The molecule has 32 heavy (non-hydrogen) atoms. The Morgan fingerprint density at radius 3 is 2.78 bits per heavy atom. The lowest BCUT2D eigenvalue weighted by atomic mass is 10.1. The lowest BCUT2D eigenvalue weighted by Gasteiger charge is -2.29. The number of benzene rings is 2. The molecule has 7 nitrogen and oxygen atoms in total. The maximum absolute atomic E-state index is 14.3. The smallest absolute Gasteiger partial charge is 0.349 e. The predicted octanol–water partition coefficient (Wildman–Crippen LogP) is 3.52. The van der Waals surface area contributed by atoms with Gasteiger partial charge in [0, 0.05) is 31.6 Å². The molecule has 0 saturated carbocycles. The van der Waals surface area contributed by atoms with Crippen LogP contribution in [0, 0.1) is 5.82 Å². The third-order valence-corrected chi connectivity index (χ3v) is 6.49. The fourth-order valence-corrected chi connectivity index (χ4v) is 4.73. The summed E-state index contributed by atoms with van der Waals surface area (Å²) in [4.78, 5) is 34.2. The summed E-state index contributed by atoms with van der Waals surface area (Å²) in [5.74, 6) is -0.965. The van der Waals surface area contributed by atoms with Gasteiger partial charge in [0.1, 0.15) is 22.5 Å². The van der Waals surface area contributed by atoms with Crippen LogP contribution in [0.5, 0.6) is 0 Å². The topological polar surface area (TPSA) is 75.9 Å². The molecule has 1 amide bonds. The second kappa shape index (κ2) is 8.78. The van der Waals surface area contributed by atoms with Crippen molar-refractivity contribution in [1.29, 1.82) is 0 Å². The van der Waals surface area contributed by atoms with Gasteiger partial charge in [0.15, 0.2) is 5.13 Å². The van der Waals surface area contributed by atoms with Gasteiger partial charge in [-0.2, -0.15) is 0 Å². The molecule has 0 bridgehead atoms. The minimum Gasteiger partial charge on any atom is -0.422 e. The molecule has 0 N–H and O–H groups in total. The standard InChI is InChI=1S/C23H20FN3O4S/c24-17-5-3-7-19-20(17)25-23(32-19)27(9-8-26-10-12-30-13-11-26)21(28)16-14-15-4-1-2-6-18(15)31-22(16)29/h1-7,14H,8-13H2. The highest BCUT2D eigenvalue weighted by Crippen LogP contribution is 2.31. The Balaban J connectivity index is 1.53. The van der Waals surface area contributed by atoms with Crippen LogP contribution in [0.4, 0.5) is 9.52 Å². The molecular formula is C23H20FN3O4S. The van der Waals surface area contributed by atoms with Crippen LogP contribution in [0.2, 0.25) is 0 Å². The van der Waals surface area contributed by atoms with Gasteiger partial charge in [0.05, 0.1) is 17.9 Å². The third-order valence-electron chi connectivity index (χ3n) is 5.45. The van der Waals surface area contributed by atoms with Crippen molar-refractivity contribution in [2.24, 2.45) is 0 Å². The lowest BCUT2D eigenvalue weighted by Crippen LogP contribution is -2.44. The van der Waals surface area contributed by atoms with E-state index in [1.807, 2.05) is 6.07 Å². The maximum atomic E-state index is 14.3. The number of hydrogen-bond acceptors (Lipinski definition) is 7. The number of amides is 1. The van der Waals surface area contributed by atoms with Crippen molar-refractivity contribution in [2.45, 2.75) is 0 Å². The number of thiazole rings is 1. The molecule has 1 fully saturated rings. The van der Waals surface area contributed by atoms with Crippen molar-refractivity contribution in [3.63, 3.8) is 0 Å². The summed E-state index contributed by atoms with van der Waals surface area (Å²) >= 11 is 1.22. The fraction of sp³-hybridized carbons (Fsp3) is 0.261. The lowest BCUT2D eigenvalue weighted by molar-refractivity contribution is 0.0391. The van der Waals surface area contributed by atoms with E-state index in [4.69, 9.17) is 9.15 Å². The maximum Gasteiger partial charge on any atom is 0.349 e. The second-order valence-corrected chi connectivity index (χ2v) is 8.49. The molecule has 4 aromatic rings. The highest BCUT2D eigenvalue weighted by Gasteiger charge is 2.26. The minimum atomic E-state index is -0.711. The molecule has 1 aliphatic heterocycles. The van der Waals surface area contributed by atoms with E-state index in [1.54, 1.807) is 36.4 Å². The molecule has 1 aliphatic rings. The number of nitrogens with zero attached hydrogens (tertiary/aromatic N) is 3. The highest BCUT2D eigenvalue weighted by molar-refractivity contribution is 7.22. The average Bonchev–Trinajstić information content (AvgIpc) is 3.25. The number of ether oxygens (including phenoxy) is 1. The van der Waals surface area contributed by atoms with E-state index in [0.717, 1.165) is 13.1 Å². The van der Waals surface area contributed by atoms with Gasteiger partial charge in [-0.25, -0.2) is 14.2 Å². The van der Waals surface area contributed by atoms with Crippen LogP contribution in [0.25, 0.3) is 21.2 Å². The Labute approximate surface area is 186 Å². The van der Waals surface area contributed by atoms with Crippen LogP contribution in [0.1, 0.15) is 10.4 Å². The summed E-state index contributed by atoms with van der Waals surface area (Å²) in [5.41, 5.74) is -0.166. The molecule has 0 unspecified atom stereocenters. The van der Waals surface area contributed by atoms with Gasteiger partial charge in [-0.3, -0.25) is 14.6 Å². The van der Waals surface area contributed by atoms with E-state index in [1.165, 1.54) is 22.3 Å². The van der Waals surface area contributed by atoms with Crippen LogP contribution in [0.3, 0.4) is 0 Å². The molecule has 164 valence electrons. The summed E-state index contributed by atoms with van der Waals surface area (Å²) in [6.07, 6.45) is 0. The number of carbonyl (C=O) groups is 1. The summed E-state index contributed by atoms with van der Waals surface area (Å²) in [5, 5.41) is 0.995. The predicted molar refractivity (Wildman–Crippen MR) is 121 cm³/mol. The quantitative estimate of drug-likeness (QED) is 0.431. The van der Waals surface area contributed by atoms with Gasteiger partial charge < -0.3 is 9.15 Å². The zero-order valence-electron chi connectivity index (χ0n) is 17.1. The largest absolute Gasteiger partial charge is 0.422 e. The Morgan fingerprint density at radius 1 is 1.16 bits per heavy atom. The first kappa shape index (κ1) is 20.7. The molecule has 5 rings (SSSR count). The van der Waals surface area contributed by atoms with E-state index < -0.39 is 17.3 Å². The van der Waals surface area contributed by atoms with E-state index in [9.17, 15) is 14.0 Å². The Kier molecular flexibility index (Phi) is 5.69. The van der Waals surface area contributed by atoms with Gasteiger partial charge in [-0.1, -0.05) is 35.6 Å². The number of rotatable bonds is 5. The number of morpholine rings is 1. The molecule has 2 aromatic heterocycles. The van der Waals surface area contributed by atoms with Gasteiger partial charge in [0.2, 0.25) is 0 Å². The third kappa shape index (κ3) is 4.02. The normalized spacial score (nSPS) is 14.8. The van der Waals surface area contributed by atoms with Crippen molar-refractivity contribution in [1.82, 2.24) is 9.88 Å². The number of para-hydroxylation sites is 2. The van der Waals surface area contributed by atoms with Gasteiger partial charge in [-0.05, 0) is 24.3 Å². The molecule has 2 aromatic carbocycles. The van der Waals surface area contributed by atoms with Crippen molar-refractivity contribution in [3.05, 3.63) is 70.3 Å². The highest BCUT2D eigenvalue weighted by atomic mass is 32.1. The average molecular weight is 453 g/mol. The van der Waals surface area contributed by atoms with Crippen LogP contribution < -0.4 is 10.5 Å². The van der Waals surface area contributed by atoms with Gasteiger partial charge in [-0.15, -0.1) is 0 Å². The molecule has 0 spiro atoms. The summed E-state index contributed by atoms with van der Waals surface area (Å²) in [6, 6.07) is 13.3. The van der Waals surface area contributed by atoms with Crippen molar-refractivity contribution in [3.8, 4) is 0 Å². The molecule has 0 aliphatic carbocycles.